The van der Waals surface area contributed by atoms with Crippen LogP contribution in [0.1, 0.15) is 39.9 Å². The van der Waals surface area contributed by atoms with Crippen molar-refractivity contribution in [2.24, 2.45) is 7.05 Å². The molecule has 5 rings (SSSR count). The Kier molecular flexibility index (Phi) is 10.0. The van der Waals surface area contributed by atoms with Crippen LogP contribution in [0.3, 0.4) is 0 Å². The minimum Gasteiger partial charge on any atom is -0.475 e. The molecule has 240 valence electrons. The summed E-state index contributed by atoms with van der Waals surface area (Å²) in [6, 6.07) is 13.3. The van der Waals surface area contributed by atoms with Crippen LogP contribution in [0.15, 0.2) is 48.7 Å². The van der Waals surface area contributed by atoms with Crippen LogP contribution in [-0.2, 0) is 24.9 Å². The summed E-state index contributed by atoms with van der Waals surface area (Å²) in [4.78, 5) is 41.9. The van der Waals surface area contributed by atoms with Crippen LogP contribution in [0.2, 0.25) is 0 Å². The van der Waals surface area contributed by atoms with Gasteiger partial charge in [-0.2, -0.15) is 18.3 Å². The number of carbonyl (C=O) groups is 3. The number of benzene rings is 2. The number of hydrogen-bond donors (Lipinski definition) is 3. The number of likely N-dealkylation sites (tertiary alicyclic amines) is 1. The zero-order valence-electron chi connectivity index (χ0n) is 25.2. The number of carbonyl (C=O) groups excluding carboxylic acids is 2. The normalized spacial score (nSPS) is 15.5. The number of aromatic nitrogens is 2. The average molecular weight is 646 g/mol. The van der Waals surface area contributed by atoms with Crippen LogP contribution in [0.25, 0.3) is 0 Å². The third-order valence-electron chi connectivity index (χ3n) is 7.54. The summed E-state index contributed by atoms with van der Waals surface area (Å²) < 4.78 is 33.5. The fourth-order valence-corrected chi connectivity index (χ4v) is 5.40. The predicted molar refractivity (Wildman–Crippen MR) is 167 cm³/mol. The monoisotopic (exact) mass is 645 g/mol. The molecule has 1 fully saturated rings. The Morgan fingerprint density at radius 2 is 1.87 bits per heavy atom. The highest BCUT2D eigenvalue weighted by Crippen LogP contribution is 2.36. The van der Waals surface area contributed by atoms with Crippen LogP contribution < -0.4 is 15.5 Å². The lowest BCUT2D eigenvalue weighted by atomic mass is 10.0. The van der Waals surface area contributed by atoms with Gasteiger partial charge in [0.1, 0.15) is 10.8 Å². The number of anilines is 3. The van der Waals surface area contributed by atoms with E-state index < -0.39 is 12.1 Å². The number of aryl methyl sites for hydroxylation is 2. The number of nitrogens with one attached hydrogen (secondary N) is 2. The van der Waals surface area contributed by atoms with Crippen LogP contribution in [0.4, 0.5) is 35.2 Å². The zero-order valence-corrected chi connectivity index (χ0v) is 26.0. The Morgan fingerprint density at radius 3 is 2.51 bits per heavy atom. The number of likely N-dealkylation sites (N-methyl/N-ethyl adjacent to an activating group) is 1. The first-order chi connectivity index (χ1) is 21.2. The Balaban J connectivity index is 0.000000591. The van der Waals surface area contributed by atoms with E-state index in [9.17, 15) is 22.8 Å². The number of nitrogens with zero attached hydrogens (tertiary/aromatic N) is 5. The molecule has 15 heteroatoms. The second kappa shape index (κ2) is 13.5. The third kappa shape index (κ3) is 7.53. The summed E-state index contributed by atoms with van der Waals surface area (Å²) in [5.41, 5.74) is 5.12. The lowest BCUT2D eigenvalue weighted by Crippen LogP contribution is -2.48. The number of amides is 3. The maximum absolute atomic E-state index is 13.8. The van der Waals surface area contributed by atoms with E-state index in [0.717, 1.165) is 51.7 Å². The molecule has 0 radical (unpaired) electrons. The molecule has 2 aliphatic heterocycles. The minimum absolute atomic E-state index is 0.0487. The highest BCUT2D eigenvalue weighted by molar-refractivity contribution is 7.80. The molecule has 0 saturated carbocycles. The first kappa shape index (κ1) is 33.2. The topological polar surface area (TPSA) is 123 Å². The molecule has 0 bridgehead atoms. The standard InChI is InChI=1S/C28H33N7O2S.C2HF3O2/c1-18-14-19(11-12-20(18)15-29-28(37)34-13-7-10-24(34)27(38)32(2)3)26(36)35-17-21-16-30-33(4)25(21)31-22-8-5-6-9-23(22)35;3-2(4,5)1(6)7/h5-6,8-9,11-12,14,16,24,31H,7,10,13,15,17H2,1-4H3,(H,29,37);(H,6,7)/t24-;/m0./s1. The molecule has 1 atom stereocenters. The molecule has 1 saturated heterocycles. The number of rotatable bonds is 4. The van der Waals surface area contributed by atoms with Gasteiger partial charge in [-0.25, -0.2) is 9.59 Å². The van der Waals surface area contributed by atoms with Gasteiger partial charge in [0.2, 0.25) is 0 Å². The fourth-order valence-electron chi connectivity index (χ4n) is 5.16. The average Bonchev–Trinajstić information content (AvgIpc) is 3.57. The van der Waals surface area contributed by atoms with Gasteiger partial charge in [0.15, 0.2) is 0 Å². The van der Waals surface area contributed by atoms with Gasteiger partial charge in [-0.1, -0.05) is 30.4 Å². The number of thiocarbonyl (C=S) groups is 1. The maximum atomic E-state index is 13.8. The Bertz CT molecular complexity index is 1610. The summed E-state index contributed by atoms with van der Waals surface area (Å²) in [6.07, 6.45) is -1.46. The Hall–Kier alpha value is -4.66. The molecular formula is C30H34F3N7O4S. The largest absolute Gasteiger partial charge is 0.490 e. The second-order valence-corrected chi connectivity index (χ2v) is 11.3. The molecular weight excluding hydrogens is 611 g/mol. The molecule has 1 aromatic heterocycles. The van der Waals surface area contributed by atoms with E-state index in [1.165, 1.54) is 0 Å². The molecule has 3 aromatic rings. The van der Waals surface area contributed by atoms with E-state index in [0.29, 0.717) is 25.2 Å². The van der Waals surface area contributed by atoms with Crippen molar-refractivity contribution in [2.75, 3.05) is 30.9 Å². The van der Waals surface area contributed by atoms with Gasteiger partial charge < -0.3 is 30.4 Å². The van der Waals surface area contributed by atoms with E-state index in [4.69, 9.17) is 22.1 Å². The van der Waals surface area contributed by atoms with Crippen molar-refractivity contribution in [3.05, 3.63) is 70.9 Å². The van der Waals surface area contributed by atoms with Crippen LogP contribution in [0.5, 0.6) is 0 Å². The number of urea groups is 1. The first-order valence-corrected chi connectivity index (χ1v) is 14.4. The van der Waals surface area contributed by atoms with E-state index in [1.54, 1.807) is 15.8 Å². The number of hydrogen-bond acceptors (Lipinski definition) is 6. The number of carboxylic acid groups (broad SMARTS) is 1. The van der Waals surface area contributed by atoms with Crippen molar-refractivity contribution in [3.8, 4) is 0 Å². The van der Waals surface area contributed by atoms with Gasteiger partial charge in [-0.15, -0.1) is 0 Å². The number of aliphatic carboxylic acids is 1. The van der Waals surface area contributed by atoms with Crippen LogP contribution in [0, 0.1) is 6.92 Å². The second-order valence-electron chi connectivity index (χ2n) is 10.9. The zero-order chi connectivity index (χ0) is 33.1. The number of carboxylic acids is 1. The van der Waals surface area contributed by atoms with Gasteiger partial charge >= 0.3 is 18.2 Å². The number of halogens is 3. The quantitative estimate of drug-likeness (QED) is 0.345. The Morgan fingerprint density at radius 1 is 1.18 bits per heavy atom. The lowest BCUT2D eigenvalue weighted by molar-refractivity contribution is -0.192. The molecule has 0 aliphatic carbocycles. The minimum atomic E-state index is -5.08. The number of alkyl halides is 3. The lowest BCUT2D eigenvalue weighted by Gasteiger charge is -2.28. The smallest absolute Gasteiger partial charge is 0.475 e. The van der Waals surface area contributed by atoms with E-state index in [2.05, 4.69) is 15.7 Å². The highest BCUT2D eigenvalue weighted by Gasteiger charge is 2.38. The van der Waals surface area contributed by atoms with Gasteiger partial charge in [0.25, 0.3) is 5.91 Å². The number of para-hydroxylation sites is 2. The van der Waals surface area contributed by atoms with Crippen molar-refractivity contribution in [1.82, 2.24) is 24.9 Å². The molecule has 11 nitrogen and oxygen atoms in total. The van der Waals surface area contributed by atoms with Crippen molar-refractivity contribution < 1.29 is 32.7 Å². The molecule has 2 aliphatic rings. The summed E-state index contributed by atoms with van der Waals surface area (Å²) in [7, 11) is 5.71. The van der Waals surface area contributed by atoms with Gasteiger partial charge in [0, 0.05) is 45.4 Å². The third-order valence-corrected chi connectivity index (χ3v) is 8.17. The molecule has 3 N–H and O–H groups in total. The summed E-state index contributed by atoms with van der Waals surface area (Å²) in [5, 5.41) is 18.0. The van der Waals surface area contributed by atoms with Crippen molar-refractivity contribution in [3.63, 3.8) is 0 Å². The van der Waals surface area contributed by atoms with Crippen LogP contribution in [-0.4, -0.2) is 80.4 Å². The summed E-state index contributed by atoms with van der Waals surface area (Å²) >= 11 is 5.54. The Labute approximate surface area is 263 Å². The SMILES string of the molecule is Cc1cc(C(=O)N2Cc3cnn(C)c3Nc3ccccc32)ccc1CNC(=O)N1CCC[C@H]1C(=S)N(C)C.O=C(O)C(F)(F)F. The van der Waals surface area contributed by atoms with Gasteiger partial charge in [-0.05, 0) is 55.2 Å². The molecule has 0 spiro atoms. The van der Waals surface area contributed by atoms with E-state index >= 15 is 0 Å². The van der Waals surface area contributed by atoms with Gasteiger partial charge in [0.05, 0.1) is 30.2 Å². The highest BCUT2D eigenvalue weighted by atomic mass is 32.1. The number of fused-ring (bicyclic) bond motifs is 2. The van der Waals surface area contributed by atoms with Crippen molar-refractivity contribution >= 4 is 52.3 Å². The summed E-state index contributed by atoms with van der Waals surface area (Å²) in [5.74, 6) is -1.97. The molecule has 0 unspecified atom stereocenters. The molecule has 45 heavy (non-hydrogen) atoms. The molecule has 3 heterocycles. The van der Waals surface area contributed by atoms with Crippen molar-refractivity contribution in [1.29, 1.82) is 0 Å². The van der Waals surface area contributed by atoms with E-state index in [1.807, 2.05) is 80.3 Å². The van der Waals surface area contributed by atoms with Crippen molar-refractivity contribution in [2.45, 2.75) is 45.1 Å². The van der Waals surface area contributed by atoms with Crippen LogP contribution >= 0.6 is 12.2 Å². The predicted octanol–water partition coefficient (Wildman–Crippen LogP) is 4.83. The fraction of sp³-hybridized carbons (Fsp3) is 0.367. The molecule has 3 amide bonds. The summed E-state index contributed by atoms with van der Waals surface area (Å²) in [6.45, 7) is 3.46. The van der Waals surface area contributed by atoms with E-state index in [-0.39, 0.29) is 18.0 Å². The first-order valence-electron chi connectivity index (χ1n) is 14.0. The molecule has 2 aromatic carbocycles. The maximum Gasteiger partial charge on any atom is 0.490 e. The van der Waals surface area contributed by atoms with Gasteiger partial charge in [-0.3, -0.25) is 9.48 Å².